The van der Waals surface area contributed by atoms with Gasteiger partial charge in [-0.25, -0.2) is 0 Å². The number of hydrogen-bond acceptors (Lipinski definition) is 2. The lowest BCUT2D eigenvalue weighted by Crippen LogP contribution is -2.53. The SMILES string of the molecule is CCN1CC2CCC(C1)N2c1ccccc1. The molecule has 2 nitrogen and oxygen atoms in total. The van der Waals surface area contributed by atoms with Gasteiger partial charge >= 0.3 is 0 Å². The molecule has 2 bridgehead atoms. The number of hydrogen-bond donors (Lipinski definition) is 0. The van der Waals surface area contributed by atoms with Gasteiger partial charge in [-0.2, -0.15) is 0 Å². The van der Waals surface area contributed by atoms with Gasteiger partial charge in [-0.15, -0.1) is 0 Å². The summed E-state index contributed by atoms with van der Waals surface area (Å²) in [4.78, 5) is 5.26. The normalized spacial score (nSPS) is 29.7. The topological polar surface area (TPSA) is 6.48 Å². The van der Waals surface area contributed by atoms with Gasteiger partial charge in [0.2, 0.25) is 0 Å². The number of rotatable bonds is 2. The Morgan fingerprint density at radius 2 is 1.69 bits per heavy atom. The van der Waals surface area contributed by atoms with E-state index in [0.717, 1.165) is 12.1 Å². The molecule has 3 rings (SSSR count). The van der Waals surface area contributed by atoms with E-state index in [0.29, 0.717) is 0 Å². The van der Waals surface area contributed by atoms with Crippen molar-refractivity contribution >= 4 is 5.69 Å². The van der Waals surface area contributed by atoms with Crippen molar-refractivity contribution in [1.29, 1.82) is 0 Å². The zero-order chi connectivity index (χ0) is 11.0. The first-order chi connectivity index (χ1) is 7.88. The van der Waals surface area contributed by atoms with E-state index in [1.807, 2.05) is 0 Å². The van der Waals surface area contributed by atoms with E-state index in [1.165, 1.54) is 38.2 Å². The highest BCUT2D eigenvalue weighted by molar-refractivity contribution is 5.50. The van der Waals surface area contributed by atoms with Gasteiger partial charge in [0.15, 0.2) is 0 Å². The number of likely N-dealkylation sites (tertiary alicyclic amines) is 1. The van der Waals surface area contributed by atoms with E-state index in [1.54, 1.807) is 0 Å². The van der Waals surface area contributed by atoms with Gasteiger partial charge < -0.3 is 4.90 Å². The number of nitrogens with zero attached hydrogens (tertiary/aromatic N) is 2. The van der Waals surface area contributed by atoms with Crippen molar-refractivity contribution in [2.24, 2.45) is 0 Å². The van der Waals surface area contributed by atoms with Gasteiger partial charge in [0.25, 0.3) is 0 Å². The second-order valence-electron chi connectivity index (χ2n) is 4.98. The van der Waals surface area contributed by atoms with Crippen LogP contribution in [0.1, 0.15) is 19.8 Å². The van der Waals surface area contributed by atoms with E-state index >= 15 is 0 Å². The molecule has 86 valence electrons. The highest BCUT2D eigenvalue weighted by Crippen LogP contribution is 2.34. The molecular formula is C14H20N2. The Morgan fingerprint density at radius 1 is 1.06 bits per heavy atom. The third-order valence-electron chi connectivity index (χ3n) is 4.06. The maximum Gasteiger partial charge on any atom is 0.0421 e. The largest absolute Gasteiger partial charge is 0.363 e. The molecule has 2 fully saturated rings. The van der Waals surface area contributed by atoms with Gasteiger partial charge in [-0.05, 0) is 31.5 Å². The second-order valence-corrected chi connectivity index (χ2v) is 4.98. The minimum Gasteiger partial charge on any atom is -0.363 e. The maximum absolute atomic E-state index is 2.66. The molecule has 0 aromatic heterocycles. The van der Waals surface area contributed by atoms with Crippen molar-refractivity contribution in [3.63, 3.8) is 0 Å². The number of fused-ring (bicyclic) bond motifs is 2. The average molecular weight is 216 g/mol. The quantitative estimate of drug-likeness (QED) is 0.749. The fourth-order valence-electron chi connectivity index (χ4n) is 3.27. The Hall–Kier alpha value is -1.02. The fourth-order valence-corrected chi connectivity index (χ4v) is 3.27. The van der Waals surface area contributed by atoms with Crippen LogP contribution in [-0.4, -0.2) is 36.6 Å². The monoisotopic (exact) mass is 216 g/mol. The Morgan fingerprint density at radius 3 is 2.25 bits per heavy atom. The summed E-state index contributed by atoms with van der Waals surface area (Å²) < 4.78 is 0. The molecule has 2 aliphatic heterocycles. The van der Waals surface area contributed by atoms with Crippen molar-refractivity contribution in [3.05, 3.63) is 30.3 Å². The second kappa shape index (κ2) is 4.10. The molecule has 16 heavy (non-hydrogen) atoms. The molecule has 0 spiro atoms. The molecule has 0 aliphatic carbocycles. The molecule has 0 radical (unpaired) electrons. The van der Waals surface area contributed by atoms with Crippen molar-refractivity contribution in [3.8, 4) is 0 Å². The van der Waals surface area contributed by atoms with Crippen molar-refractivity contribution in [2.75, 3.05) is 24.5 Å². The minimum atomic E-state index is 0.751. The summed E-state index contributed by atoms with van der Waals surface area (Å²) in [7, 11) is 0. The molecule has 2 unspecified atom stereocenters. The Kier molecular flexibility index (Phi) is 2.60. The summed E-state index contributed by atoms with van der Waals surface area (Å²) in [5, 5.41) is 0. The predicted octanol–water partition coefficient (Wildman–Crippen LogP) is 2.36. The smallest absolute Gasteiger partial charge is 0.0421 e. The van der Waals surface area contributed by atoms with Crippen LogP contribution in [0.4, 0.5) is 5.69 Å². The lowest BCUT2D eigenvalue weighted by atomic mass is 10.1. The van der Waals surface area contributed by atoms with Crippen molar-refractivity contribution < 1.29 is 0 Å². The molecule has 0 N–H and O–H groups in total. The molecule has 2 heterocycles. The highest BCUT2D eigenvalue weighted by atomic mass is 15.3. The van der Waals surface area contributed by atoms with Crippen LogP contribution in [0, 0.1) is 0 Å². The summed E-state index contributed by atoms with van der Waals surface area (Å²) >= 11 is 0. The number of likely N-dealkylation sites (N-methyl/N-ethyl adjacent to an activating group) is 1. The molecule has 2 heteroatoms. The molecular weight excluding hydrogens is 196 g/mol. The van der Waals surface area contributed by atoms with Gasteiger partial charge in [-0.1, -0.05) is 25.1 Å². The van der Waals surface area contributed by atoms with Crippen molar-refractivity contribution in [1.82, 2.24) is 4.90 Å². The Bertz CT molecular complexity index is 335. The van der Waals surface area contributed by atoms with E-state index < -0.39 is 0 Å². The first-order valence-electron chi connectivity index (χ1n) is 6.44. The Balaban J connectivity index is 1.84. The van der Waals surface area contributed by atoms with Crippen LogP contribution in [-0.2, 0) is 0 Å². The number of anilines is 1. The third kappa shape index (κ3) is 1.61. The van der Waals surface area contributed by atoms with Crippen LogP contribution in [0.15, 0.2) is 30.3 Å². The zero-order valence-electron chi connectivity index (χ0n) is 9.97. The lowest BCUT2D eigenvalue weighted by Gasteiger charge is -2.42. The summed E-state index contributed by atoms with van der Waals surface area (Å²) in [5.41, 5.74) is 1.42. The Labute approximate surface area is 97.9 Å². The molecule has 0 amide bonds. The summed E-state index contributed by atoms with van der Waals surface area (Å²) in [6, 6.07) is 12.4. The highest BCUT2D eigenvalue weighted by Gasteiger charge is 2.39. The first kappa shape index (κ1) is 10.2. The van der Waals surface area contributed by atoms with Gasteiger partial charge in [0, 0.05) is 30.9 Å². The van der Waals surface area contributed by atoms with Gasteiger partial charge in [-0.3, -0.25) is 4.90 Å². The van der Waals surface area contributed by atoms with Crippen LogP contribution in [0.5, 0.6) is 0 Å². The van der Waals surface area contributed by atoms with Crippen LogP contribution < -0.4 is 4.90 Å². The van der Waals surface area contributed by atoms with E-state index in [9.17, 15) is 0 Å². The zero-order valence-corrected chi connectivity index (χ0v) is 9.97. The lowest BCUT2D eigenvalue weighted by molar-refractivity contribution is 0.230. The number of benzene rings is 1. The molecule has 0 saturated carbocycles. The summed E-state index contributed by atoms with van der Waals surface area (Å²) in [6.07, 6.45) is 2.74. The molecule has 2 saturated heterocycles. The predicted molar refractivity (Wildman–Crippen MR) is 67.8 cm³/mol. The van der Waals surface area contributed by atoms with Gasteiger partial charge in [0.1, 0.15) is 0 Å². The summed E-state index contributed by atoms with van der Waals surface area (Å²) in [5.74, 6) is 0. The number of piperazine rings is 1. The first-order valence-corrected chi connectivity index (χ1v) is 6.44. The maximum atomic E-state index is 2.66. The van der Waals surface area contributed by atoms with E-state index in [2.05, 4.69) is 47.1 Å². The minimum absolute atomic E-state index is 0.751. The molecule has 1 aromatic rings. The van der Waals surface area contributed by atoms with E-state index in [-0.39, 0.29) is 0 Å². The standard InChI is InChI=1S/C14H20N2/c1-2-15-10-13-8-9-14(11-15)16(13)12-6-4-3-5-7-12/h3-7,13-14H,2,8-11H2,1H3. The molecule has 1 aromatic carbocycles. The average Bonchev–Trinajstić information content (AvgIpc) is 2.61. The van der Waals surface area contributed by atoms with Crippen LogP contribution in [0.2, 0.25) is 0 Å². The van der Waals surface area contributed by atoms with Gasteiger partial charge in [0.05, 0.1) is 0 Å². The third-order valence-corrected chi connectivity index (χ3v) is 4.06. The van der Waals surface area contributed by atoms with Crippen LogP contribution >= 0.6 is 0 Å². The molecule has 2 aliphatic rings. The van der Waals surface area contributed by atoms with Crippen molar-refractivity contribution in [2.45, 2.75) is 31.8 Å². The van der Waals surface area contributed by atoms with E-state index in [4.69, 9.17) is 0 Å². The fraction of sp³-hybridized carbons (Fsp3) is 0.571. The molecule has 2 atom stereocenters. The van der Waals surface area contributed by atoms with Crippen LogP contribution in [0.3, 0.4) is 0 Å². The number of para-hydroxylation sites is 1. The summed E-state index contributed by atoms with van der Waals surface area (Å²) in [6.45, 7) is 5.98. The van der Waals surface area contributed by atoms with Crippen LogP contribution in [0.25, 0.3) is 0 Å².